The molecule has 0 radical (unpaired) electrons. The molecule has 0 aliphatic rings. The molecule has 0 bridgehead atoms. The number of Topliss-reactive ketones (excluding diaryl/α,β-unsaturated/α-hetero) is 1. The molecule has 2 aromatic rings. The van der Waals surface area contributed by atoms with E-state index >= 15 is 0 Å². The second-order valence-corrected chi connectivity index (χ2v) is 4.76. The van der Waals surface area contributed by atoms with Gasteiger partial charge in [0.15, 0.2) is 5.78 Å². The highest BCUT2D eigenvalue weighted by molar-refractivity contribution is 6.06. The lowest BCUT2D eigenvalue weighted by Gasteiger charge is -2.22. The van der Waals surface area contributed by atoms with Crippen molar-refractivity contribution in [3.63, 3.8) is 0 Å². The molecule has 0 saturated heterocycles. The van der Waals surface area contributed by atoms with E-state index in [1.807, 2.05) is 28.9 Å². The summed E-state index contributed by atoms with van der Waals surface area (Å²) in [6.07, 6.45) is 3.62. The Labute approximate surface area is 117 Å². The first-order valence-electron chi connectivity index (χ1n) is 6.38. The van der Waals surface area contributed by atoms with Crippen molar-refractivity contribution in [3.8, 4) is 5.75 Å². The molecule has 2 aromatic heterocycles. The molecule has 1 atom stereocenters. The first kappa shape index (κ1) is 14.1. The molecule has 0 aromatic carbocycles. The van der Waals surface area contributed by atoms with Gasteiger partial charge in [-0.15, -0.1) is 0 Å². The Morgan fingerprint density at radius 2 is 2.00 bits per heavy atom. The summed E-state index contributed by atoms with van der Waals surface area (Å²) in [7, 11) is 3.23. The van der Waals surface area contributed by atoms with Crippen LogP contribution in [-0.4, -0.2) is 41.2 Å². The Bertz CT molecular complexity index is 660. The molecule has 0 spiro atoms. The summed E-state index contributed by atoms with van der Waals surface area (Å²) in [5.41, 5.74) is 1.41. The highest BCUT2D eigenvalue weighted by atomic mass is 16.5. The zero-order valence-electron chi connectivity index (χ0n) is 12.1. The Morgan fingerprint density at radius 1 is 1.30 bits per heavy atom. The van der Waals surface area contributed by atoms with Crippen LogP contribution >= 0.6 is 0 Å². The summed E-state index contributed by atoms with van der Waals surface area (Å²) in [6, 6.07) is 4.93. The zero-order chi connectivity index (χ0) is 14.9. The number of rotatable bonds is 4. The summed E-state index contributed by atoms with van der Waals surface area (Å²) in [5, 5.41) is 0. The van der Waals surface area contributed by atoms with E-state index in [4.69, 9.17) is 4.74 Å². The third-order valence-electron chi connectivity index (χ3n) is 3.59. The van der Waals surface area contributed by atoms with Crippen LogP contribution in [0.15, 0.2) is 30.6 Å². The lowest BCUT2D eigenvalue weighted by molar-refractivity contribution is -0.128. The number of pyridine rings is 1. The lowest BCUT2D eigenvalue weighted by Crippen LogP contribution is -2.39. The molecule has 5 heteroatoms. The van der Waals surface area contributed by atoms with E-state index in [0.29, 0.717) is 5.56 Å². The maximum atomic E-state index is 12.5. The average Bonchev–Trinajstić information content (AvgIpc) is 2.87. The van der Waals surface area contributed by atoms with Gasteiger partial charge in [-0.1, -0.05) is 0 Å². The number of methoxy groups -OCH3 is 1. The first-order valence-corrected chi connectivity index (χ1v) is 6.38. The fourth-order valence-electron chi connectivity index (χ4n) is 2.09. The fraction of sp³-hybridized carbons (Fsp3) is 0.333. The molecule has 2 rings (SSSR count). The molecule has 1 amide bonds. The number of amides is 1. The Morgan fingerprint density at radius 3 is 2.60 bits per heavy atom. The van der Waals surface area contributed by atoms with Gasteiger partial charge in [-0.3, -0.25) is 9.59 Å². The molecule has 20 heavy (non-hydrogen) atoms. The van der Waals surface area contributed by atoms with Crippen LogP contribution in [0.5, 0.6) is 5.75 Å². The van der Waals surface area contributed by atoms with Crippen molar-refractivity contribution >= 4 is 17.2 Å². The number of carbonyl (C=O) groups excluding carboxylic acids is 2. The predicted octanol–water partition coefficient (Wildman–Crippen LogP) is 2.00. The van der Waals surface area contributed by atoms with Gasteiger partial charge in [-0.05, 0) is 25.1 Å². The molecule has 0 fully saturated rings. The van der Waals surface area contributed by atoms with E-state index in [2.05, 4.69) is 0 Å². The van der Waals surface area contributed by atoms with Crippen LogP contribution in [0.3, 0.4) is 0 Å². The largest absolute Gasteiger partial charge is 0.495 e. The van der Waals surface area contributed by atoms with E-state index in [1.54, 1.807) is 27.1 Å². The normalized spacial score (nSPS) is 12.2. The van der Waals surface area contributed by atoms with Gasteiger partial charge in [-0.2, -0.15) is 0 Å². The number of hydrogen-bond donors (Lipinski definition) is 0. The van der Waals surface area contributed by atoms with Gasteiger partial charge in [0, 0.05) is 25.7 Å². The standard InChI is InChI=1S/C15H18N2O3/c1-10(16(3)11(2)18)15(19)13-7-8-17-9-12(20-4)5-6-14(13)17/h5-10H,1-4H3. The van der Waals surface area contributed by atoms with E-state index in [0.717, 1.165) is 11.3 Å². The highest BCUT2D eigenvalue weighted by Crippen LogP contribution is 2.20. The number of aromatic nitrogens is 1. The number of nitrogens with zero attached hydrogens (tertiary/aromatic N) is 2. The molecule has 2 heterocycles. The van der Waals surface area contributed by atoms with Crippen LogP contribution in [-0.2, 0) is 4.79 Å². The number of carbonyl (C=O) groups is 2. The molecule has 0 aliphatic carbocycles. The fourth-order valence-corrected chi connectivity index (χ4v) is 2.09. The molecule has 5 nitrogen and oxygen atoms in total. The number of hydrogen-bond acceptors (Lipinski definition) is 3. The summed E-state index contributed by atoms with van der Waals surface area (Å²) in [5.74, 6) is 0.521. The Kier molecular flexibility index (Phi) is 3.79. The van der Waals surface area contributed by atoms with Crippen molar-refractivity contribution in [2.75, 3.05) is 14.2 Å². The van der Waals surface area contributed by atoms with Gasteiger partial charge in [0.1, 0.15) is 5.75 Å². The van der Waals surface area contributed by atoms with Crippen LogP contribution in [0.1, 0.15) is 24.2 Å². The molecule has 106 valence electrons. The SMILES string of the molecule is COc1ccc2c(C(=O)C(C)N(C)C(C)=O)ccn2c1. The molecular formula is C15H18N2O3. The third kappa shape index (κ3) is 2.39. The van der Waals surface area contributed by atoms with Gasteiger partial charge in [0.25, 0.3) is 0 Å². The van der Waals surface area contributed by atoms with Crippen molar-refractivity contribution in [2.24, 2.45) is 0 Å². The topological polar surface area (TPSA) is 51.0 Å². The van der Waals surface area contributed by atoms with Crippen molar-refractivity contribution in [1.82, 2.24) is 9.30 Å². The van der Waals surface area contributed by atoms with Crippen molar-refractivity contribution in [3.05, 3.63) is 36.2 Å². The second kappa shape index (κ2) is 5.36. The average molecular weight is 274 g/mol. The number of ether oxygens (including phenoxy) is 1. The van der Waals surface area contributed by atoms with Crippen molar-refractivity contribution < 1.29 is 14.3 Å². The zero-order valence-corrected chi connectivity index (χ0v) is 12.1. The van der Waals surface area contributed by atoms with Gasteiger partial charge in [0.05, 0.1) is 24.9 Å². The Hall–Kier alpha value is -2.30. The molecule has 0 saturated carbocycles. The van der Waals surface area contributed by atoms with Crippen LogP contribution < -0.4 is 4.74 Å². The van der Waals surface area contributed by atoms with Gasteiger partial charge in [0.2, 0.25) is 5.91 Å². The maximum absolute atomic E-state index is 12.5. The predicted molar refractivity (Wildman–Crippen MR) is 76.2 cm³/mol. The van der Waals surface area contributed by atoms with Gasteiger partial charge >= 0.3 is 0 Å². The maximum Gasteiger partial charge on any atom is 0.219 e. The minimum atomic E-state index is -0.485. The van der Waals surface area contributed by atoms with E-state index in [9.17, 15) is 9.59 Å². The second-order valence-electron chi connectivity index (χ2n) is 4.76. The van der Waals surface area contributed by atoms with E-state index in [1.165, 1.54) is 11.8 Å². The van der Waals surface area contributed by atoms with E-state index < -0.39 is 6.04 Å². The smallest absolute Gasteiger partial charge is 0.219 e. The quantitative estimate of drug-likeness (QED) is 0.801. The summed E-state index contributed by atoms with van der Waals surface area (Å²) >= 11 is 0. The van der Waals surface area contributed by atoms with Gasteiger partial charge < -0.3 is 14.0 Å². The lowest BCUT2D eigenvalue weighted by atomic mass is 10.1. The van der Waals surface area contributed by atoms with Crippen molar-refractivity contribution in [2.45, 2.75) is 19.9 Å². The molecule has 0 N–H and O–H groups in total. The summed E-state index contributed by atoms with van der Waals surface area (Å²) in [6.45, 7) is 3.18. The highest BCUT2D eigenvalue weighted by Gasteiger charge is 2.23. The third-order valence-corrected chi connectivity index (χ3v) is 3.59. The molecule has 1 unspecified atom stereocenters. The summed E-state index contributed by atoms with van der Waals surface area (Å²) in [4.78, 5) is 25.3. The molecule has 0 aliphatic heterocycles. The van der Waals surface area contributed by atoms with Crippen LogP contribution in [0, 0.1) is 0 Å². The van der Waals surface area contributed by atoms with Crippen LogP contribution in [0.4, 0.5) is 0 Å². The summed E-state index contributed by atoms with van der Waals surface area (Å²) < 4.78 is 6.99. The number of ketones is 1. The molecular weight excluding hydrogens is 256 g/mol. The van der Waals surface area contributed by atoms with Crippen molar-refractivity contribution in [1.29, 1.82) is 0 Å². The minimum Gasteiger partial charge on any atom is -0.495 e. The number of likely N-dealkylation sites (N-methyl/N-ethyl adjacent to an activating group) is 1. The van der Waals surface area contributed by atoms with Crippen LogP contribution in [0.25, 0.3) is 5.52 Å². The minimum absolute atomic E-state index is 0.0737. The Balaban J connectivity index is 2.38. The first-order chi connectivity index (χ1) is 9.45. The van der Waals surface area contributed by atoms with E-state index in [-0.39, 0.29) is 11.7 Å². The van der Waals surface area contributed by atoms with Gasteiger partial charge in [-0.25, -0.2) is 0 Å². The monoisotopic (exact) mass is 274 g/mol. The number of fused-ring (bicyclic) bond motifs is 1. The van der Waals surface area contributed by atoms with Crippen LogP contribution in [0.2, 0.25) is 0 Å².